The topological polar surface area (TPSA) is 26.3 Å². The molecule has 0 aromatic heterocycles. The fourth-order valence-corrected chi connectivity index (χ4v) is 2.58. The number of rotatable bonds is 3. The number of carbonyl (C=O) groups excluding carboxylic acids is 1. The van der Waals surface area contributed by atoms with Crippen molar-refractivity contribution in [3.63, 3.8) is 0 Å². The summed E-state index contributed by atoms with van der Waals surface area (Å²) in [5, 5.41) is 0. The quantitative estimate of drug-likeness (QED) is 0.781. The average molecular weight is 252 g/mol. The molecule has 0 aliphatic carbocycles. The third kappa shape index (κ3) is 2.68. The van der Waals surface area contributed by atoms with E-state index in [9.17, 15) is 4.79 Å². The third-order valence-electron chi connectivity index (χ3n) is 3.59. The van der Waals surface area contributed by atoms with E-state index in [1.165, 1.54) is 5.56 Å². The maximum atomic E-state index is 11.9. The minimum Gasteiger partial charge on any atom is -0.457 e. The molecule has 19 heavy (non-hydrogen) atoms. The predicted molar refractivity (Wildman–Crippen MR) is 73.5 cm³/mol. The van der Waals surface area contributed by atoms with Crippen LogP contribution < -0.4 is 0 Å². The van der Waals surface area contributed by atoms with Gasteiger partial charge in [0.2, 0.25) is 0 Å². The molecule has 2 aromatic rings. The molecule has 3 rings (SSSR count). The molecule has 0 spiro atoms. The van der Waals surface area contributed by atoms with Crippen LogP contribution in [0.15, 0.2) is 60.7 Å². The number of carbonyl (C=O) groups is 1. The Bertz CT molecular complexity index is 548. The van der Waals surface area contributed by atoms with Crippen LogP contribution in [0.4, 0.5) is 0 Å². The minimum absolute atomic E-state index is 0.0207. The van der Waals surface area contributed by atoms with E-state index in [1.807, 2.05) is 48.5 Å². The van der Waals surface area contributed by atoms with E-state index in [1.54, 1.807) is 0 Å². The van der Waals surface area contributed by atoms with Crippen LogP contribution in [0.3, 0.4) is 0 Å². The monoisotopic (exact) mass is 252 g/mol. The summed E-state index contributed by atoms with van der Waals surface area (Å²) in [7, 11) is 0. The molecule has 1 aliphatic rings. The molecule has 2 aromatic carbocycles. The lowest BCUT2D eigenvalue weighted by Crippen LogP contribution is -2.10. The highest BCUT2D eigenvalue weighted by molar-refractivity contribution is 5.75. The Morgan fingerprint density at radius 3 is 2.26 bits per heavy atom. The Hall–Kier alpha value is -2.09. The molecule has 0 radical (unpaired) electrons. The Balaban J connectivity index is 1.71. The summed E-state index contributed by atoms with van der Waals surface area (Å²) >= 11 is 0. The summed E-state index contributed by atoms with van der Waals surface area (Å²) in [6.07, 6.45) is 1.46. The standard InChI is InChI=1S/C17H16O2/c18-17-15(11-13-7-3-1-4-8-13)12-16(19-17)14-9-5-2-6-10-14/h1-10,15-16H,11-12H2/t15-,16-/m0/s1. The molecule has 0 amide bonds. The fourth-order valence-electron chi connectivity index (χ4n) is 2.58. The van der Waals surface area contributed by atoms with Crippen molar-refractivity contribution in [3.8, 4) is 0 Å². The van der Waals surface area contributed by atoms with E-state index >= 15 is 0 Å². The van der Waals surface area contributed by atoms with E-state index in [-0.39, 0.29) is 18.0 Å². The lowest BCUT2D eigenvalue weighted by Gasteiger charge is -2.08. The van der Waals surface area contributed by atoms with E-state index in [0.717, 1.165) is 18.4 Å². The number of benzene rings is 2. The molecule has 2 nitrogen and oxygen atoms in total. The van der Waals surface area contributed by atoms with Gasteiger partial charge in [-0.25, -0.2) is 0 Å². The highest BCUT2D eigenvalue weighted by Crippen LogP contribution is 2.34. The molecule has 2 heteroatoms. The summed E-state index contributed by atoms with van der Waals surface area (Å²) in [6.45, 7) is 0. The van der Waals surface area contributed by atoms with Gasteiger partial charge in [-0.05, 0) is 17.5 Å². The van der Waals surface area contributed by atoms with Gasteiger partial charge in [-0.2, -0.15) is 0 Å². The van der Waals surface area contributed by atoms with Gasteiger partial charge in [0.1, 0.15) is 6.10 Å². The number of hydrogen-bond acceptors (Lipinski definition) is 2. The van der Waals surface area contributed by atoms with Crippen molar-refractivity contribution in [3.05, 3.63) is 71.8 Å². The van der Waals surface area contributed by atoms with Gasteiger partial charge in [-0.3, -0.25) is 4.79 Å². The second-order valence-corrected chi connectivity index (χ2v) is 4.96. The summed E-state index contributed by atoms with van der Waals surface area (Å²) in [5.74, 6) is -0.0923. The molecule has 1 aliphatic heterocycles. The molecule has 0 unspecified atom stereocenters. The van der Waals surface area contributed by atoms with Crippen molar-refractivity contribution in [2.45, 2.75) is 18.9 Å². The number of hydrogen-bond donors (Lipinski definition) is 0. The Morgan fingerprint density at radius 2 is 1.58 bits per heavy atom. The van der Waals surface area contributed by atoms with Crippen molar-refractivity contribution in [2.75, 3.05) is 0 Å². The number of ether oxygens (including phenoxy) is 1. The van der Waals surface area contributed by atoms with Crippen molar-refractivity contribution < 1.29 is 9.53 Å². The highest BCUT2D eigenvalue weighted by atomic mass is 16.5. The molecule has 2 atom stereocenters. The van der Waals surface area contributed by atoms with Gasteiger partial charge >= 0.3 is 5.97 Å². The van der Waals surface area contributed by atoms with Crippen LogP contribution in [0.25, 0.3) is 0 Å². The van der Waals surface area contributed by atoms with Gasteiger partial charge in [0.15, 0.2) is 0 Å². The average Bonchev–Trinajstić information content (AvgIpc) is 2.82. The van der Waals surface area contributed by atoms with Crippen LogP contribution in [0.2, 0.25) is 0 Å². The van der Waals surface area contributed by atoms with Gasteiger partial charge in [0.25, 0.3) is 0 Å². The van der Waals surface area contributed by atoms with Crippen LogP contribution in [0.5, 0.6) is 0 Å². The molecule has 1 fully saturated rings. The summed E-state index contributed by atoms with van der Waals surface area (Å²) in [4.78, 5) is 11.9. The zero-order valence-electron chi connectivity index (χ0n) is 10.7. The summed E-state index contributed by atoms with van der Waals surface area (Å²) < 4.78 is 5.49. The maximum Gasteiger partial charge on any atom is 0.310 e. The number of esters is 1. The van der Waals surface area contributed by atoms with Gasteiger partial charge in [0.05, 0.1) is 5.92 Å². The van der Waals surface area contributed by atoms with E-state index in [0.29, 0.717) is 0 Å². The van der Waals surface area contributed by atoms with Crippen LogP contribution in [-0.4, -0.2) is 5.97 Å². The van der Waals surface area contributed by atoms with Crippen molar-refractivity contribution in [1.29, 1.82) is 0 Å². The lowest BCUT2D eigenvalue weighted by atomic mass is 9.94. The first-order valence-corrected chi connectivity index (χ1v) is 6.62. The summed E-state index contributed by atoms with van der Waals surface area (Å²) in [6, 6.07) is 20.1. The molecular weight excluding hydrogens is 236 g/mol. The van der Waals surface area contributed by atoms with E-state index in [4.69, 9.17) is 4.74 Å². The summed E-state index contributed by atoms with van der Waals surface area (Å²) in [5.41, 5.74) is 2.28. The highest BCUT2D eigenvalue weighted by Gasteiger charge is 2.34. The zero-order valence-corrected chi connectivity index (χ0v) is 10.7. The van der Waals surface area contributed by atoms with Crippen LogP contribution >= 0.6 is 0 Å². The minimum atomic E-state index is -0.0811. The van der Waals surface area contributed by atoms with Crippen molar-refractivity contribution in [2.24, 2.45) is 5.92 Å². The first-order valence-electron chi connectivity index (χ1n) is 6.62. The third-order valence-corrected chi connectivity index (χ3v) is 3.59. The molecule has 96 valence electrons. The Labute approximate surface area is 113 Å². The fraction of sp³-hybridized carbons (Fsp3) is 0.235. The molecule has 0 bridgehead atoms. The van der Waals surface area contributed by atoms with E-state index < -0.39 is 0 Å². The maximum absolute atomic E-state index is 11.9. The van der Waals surface area contributed by atoms with Crippen LogP contribution in [0.1, 0.15) is 23.7 Å². The van der Waals surface area contributed by atoms with E-state index in [2.05, 4.69) is 12.1 Å². The second-order valence-electron chi connectivity index (χ2n) is 4.96. The van der Waals surface area contributed by atoms with Gasteiger partial charge in [-0.1, -0.05) is 60.7 Å². The number of cyclic esters (lactones) is 1. The lowest BCUT2D eigenvalue weighted by molar-refractivity contribution is -0.144. The smallest absolute Gasteiger partial charge is 0.310 e. The van der Waals surface area contributed by atoms with Crippen LogP contribution in [0, 0.1) is 5.92 Å². The Morgan fingerprint density at radius 1 is 0.947 bits per heavy atom. The predicted octanol–water partition coefficient (Wildman–Crippen LogP) is 3.53. The first kappa shape index (κ1) is 12.0. The second kappa shape index (κ2) is 5.27. The van der Waals surface area contributed by atoms with Gasteiger partial charge in [-0.15, -0.1) is 0 Å². The molecule has 0 N–H and O–H groups in total. The van der Waals surface area contributed by atoms with Crippen molar-refractivity contribution >= 4 is 5.97 Å². The van der Waals surface area contributed by atoms with Crippen molar-refractivity contribution in [1.82, 2.24) is 0 Å². The largest absolute Gasteiger partial charge is 0.457 e. The molecule has 0 saturated carbocycles. The van der Waals surface area contributed by atoms with Gasteiger partial charge in [0, 0.05) is 6.42 Å². The SMILES string of the molecule is O=C1O[C@H](c2ccccc2)C[C@@H]1Cc1ccccc1. The zero-order chi connectivity index (χ0) is 13.1. The van der Waals surface area contributed by atoms with Crippen LogP contribution in [-0.2, 0) is 16.0 Å². The first-order chi connectivity index (χ1) is 9.33. The molecular formula is C17H16O2. The Kier molecular flexibility index (Phi) is 3.32. The van der Waals surface area contributed by atoms with Gasteiger partial charge < -0.3 is 4.74 Å². The normalized spacial score (nSPS) is 22.2. The molecule has 1 saturated heterocycles. The molecule has 1 heterocycles.